The topological polar surface area (TPSA) is 113 Å². The van der Waals surface area contributed by atoms with E-state index in [1.807, 2.05) is 19.1 Å². The average molecular weight is 491 g/mol. The van der Waals surface area contributed by atoms with Crippen LogP contribution in [-0.2, 0) is 16.2 Å². The SMILES string of the molecule is COc1cc(C=NNC(=O)CC(=O)Nc2ccc(C)c(Cl)c2)ccc1OCc1ccccc1C#N. The van der Waals surface area contributed by atoms with E-state index in [9.17, 15) is 14.9 Å². The molecule has 178 valence electrons. The minimum absolute atomic E-state index is 0.209. The molecule has 0 spiro atoms. The van der Waals surface area contributed by atoms with Gasteiger partial charge in [0.2, 0.25) is 11.8 Å². The fraction of sp³-hybridized carbons (Fsp3) is 0.154. The average Bonchev–Trinajstić information content (AvgIpc) is 2.85. The van der Waals surface area contributed by atoms with Gasteiger partial charge in [-0.3, -0.25) is 9.59 Å². The summed E-state index contributed by atoms with van der Waals surface area (Å²) in [6.45, 7) is 2.06. The van der Waals surface area contributed by atoms with E-state index in [-0.39, 0.29) is 6.61 Å². The number of nitrogens with zero attached hydrogens (tertiary/aromatic N) is 2. The number of hydrazone groups is 1. The van der Waals surface area contributed by atoms with E-state index in [1.54, 1.807) is 48.5 Å². The Labute approximate surface area is 208 Å². The number of aryl methyl sites for hydroxylation is 1. The minimum atomic E-state index is -0.569. The van der Waals surface area contributed by atoms with E-state index in [4.69, 9.17) is 21.1 Å². The predicted octanol–water partition coefficient (Wildman–Crippen LogP) is 4.59. The molecule has 2 N–H and O–H groups in total. The molecule has 3 aromatic carbocycles. The maximum Gasteiger partial charge on any atom is 0.249 e. The molecule has 0 aromatic heterocycles. The summed E-state index contributed by atoms with van der Waals surface area (Å²) < 4.78 is 11.2. The molecule has 0 saturated heterocycles. The van der Waals surface area contributed by atoms with Crippen LogP contribution in [-0.4, -0.2) is 25.1 Å². The molecule has 8 nitrogen and oxygen atoms in total. The summed E-state index contributed by atoms with van der Waals surface area (Å²) in [6.07, 6.45) is 1.02. The Hall–Kier alpha value is -4.35. The third-order valence-electron chi connectivity index (χ3n) is 4.89. The summed E-state index contributed by atoms with van der Waals surface area (Å²) in [6, 6.07) is 19.6. The van der Waals surface area contributed by atoms with E-state index >= 15 is 0 Å². The zero-order chi connectivity index (χ0) is 25.2. The summed E-state index contributed by atoms with van der Waals surface area (Å²) in [5.41, 5.74) is 5.67. The van der Waals surface area contributed by atoms with Crippen molar-refractivity contribution in [3.05, 3.63) is 87.9 Å². The van der Waals surface area contributed by atoms with Crippen LogP contribution < -0.4 is 20.2 Å². The second-order valence-electron chi connectivity index (χ2n) is 7.45. The molecule has 0 heterocycles. The second-order valence-corrected chi connectivity index (χ2v) is 7.86. The van der Waals surface area contributed by atoms with Crippen molar-refractivity contribution in [1.29, 1.82) is 5.26 Å². The highest BCUT2D eigenvalue weighted by molar-refractivity contribution is 6.31. The monoisotopic (exact) mass is 490 g/mol. The molecular weight excluding hydrogens is 468 g/mol. The highest BCUT2D eigenvalue weighted by atomic mass is 35.5. The lowest BCUT2D eigenvalue weighted by Gasteiger charge is -2.12. The number of hydrogen-bond acceptors (Lipinski definition) is 6. The first-order valence-electron chi connectivity index (χ1n) is 10.6. The van der Waals surface area contributed by atoms with Gasteiger partial charge in [-0.1, -0.05) is 35.9 Å². The van der Waals surface area contributed by atoms with Gasteiger partial charge in [-0.25, -0.2) is 5.43 Å². The molecule has 0 bridgehead atoms. The largest absolute Gasteiger partial charge is 0.493 e. The van der Waals surface area contributed by atoms with Crippen molar-refractivity contribution in [1.82, 2.24) is 5.43 Å². The maximum absolute atomic E-state index is 12.1. The van der Waals surface area contributed by atoms with Gasteiger partial charge >= 0.3 is 0 Å². The molecule has 2 amide bonds. The molecule has 9 heteroatoms. The van der Waals surface area contributed by atoms with Gasteiger partial charge in [0, 0.05) is 16.3 Å². The van der Waals surface area contributed by atoms with Crippen LogP contribution in [0.1, 0.15) is 28.7 Å². The smallest absolute Gasteiger partial charge is 0.249 e. The maximum atomic E-state index is 12.1. The third-order valence-corrected chi connectivity index (χ3v) is 5.30. The number of anilines is 1. The van der Waals surface area contributed by atoms with Crippen LogP contribution in [0.4, 0.5) is 5.69 Å². The molecule has 0 unspecified atom stereocenters. The van der Waals surface area contributed by atoms with Crippen molar-refractivity contribution in [2.75, 3.05) is 12.4 Å². The molecule has 3 aromatic rings. The molecule has 0 saturated carbocycles. The number of nitriles is 1. The lowest BCUT2D eigenvalue weighted by atomic mass is 10.1. The van der Waals surface area contributed by atoms with E-state index in [0.29, 0.717) is 33.3 Å². The molecule has 0 aliphatic heterocycles. The van der Waals surface area contributed by atoms with Crippen molar-refractivity contribution in [2.24, 2.45) is 5.10 Å². The van der Waals surface area contributed by atoms with Crippen molar-refractivity contribution < 1.29 is 19.1 Å². The van der Waals surface area contributed by atoms with Crippen LogP contribution in [0.25, 0.3) is 0 Å². The highest BCUT2D eigenvalue weighted by Crippen LogP contribution is 2.28. The van der Waals surface area contributed by atoms with Gasteiger partial charge < -0.3 is 14.8 Å². The number of ether oxygens (including phenoxy) is 2. The van der Waals surface area contributed by atoms with E-state index in [0.717, 1.165) is 11.1 Å². The summed E-state index contributed by atoms with van der Waals surface area (Å²) in [5.74, 6) is -0.0982. The van der Waals surface area contributed by atoms with Gasteiger partial charge in [0.15, 0.2) is 11.5 Å². The fourth-order valence-electron chi connectivity index (χ4n) is 3.03. The molecular formula is C26H23ClN4O4. The van der Waals surface area contributed by atoms with Crippen LogP contribution in [0.5, 0.6) is 11.5 Å². The molecule has 0 radical (unpaired) electrons. The van der Waals surface area contributed by atoms with Crippen LogP contribution >= 0.6 is 11.6 Å². The normalized spacial score (nSPS) is 10.5. The fourth-order valence-corrected chi connectivity index (χ4v) is 3.21. The van der Waals surface area contributed by atoms with E-state index < -0.39 is 18.2 Å². The van der Waals surface area contributed by atoms with Gasteiger partial charge in [-0.05, 0) is 54.4 Å². The van der Waals surface area contributed by atoms with E-state index in [2.05, 4.69) is 21.9 Å². The Kier molecular flexibility index (Phi) is 8.82. The minimum Gasteiger partial charge on any atom is -0.493 e. The Morgan fingerprint density at radius 1 is 1.09 bits per heavy atom. The summed E-state index contributed by atoms with van der Waals surface area (Å²) in [5, 5.41) is 16.2. The zero-order valence-electron chi connectivity index (χ0n) is 19.2. The van der Waals surface area contributed by atoms with Crippen LogP contribution in [0, 0.1) is 18.3 Å². The standard InChI is InChI=1S/C26H23ClN4O4/c1-17-7-9-21(12-22(17)27)30-25(32)13-26(33)31-29-15-18-8-10-23(24(11-18)34-2)35-16-20-6-4-3-5-19(20)14-28/h3-12,15H,13,16H2,1-2H3,(H,30,32)(H,31,33). The van der Waals surface area contributed by atoms with Crippen LogP contribution in [0.15, 0.2) is 65.8 Å². The molecule has 0 fully saturated rings. The van der Waals surface area contributed by atoms with Crippen molar-refractivity contribution in [3.8, 4) is 17.6 Å². The van der Waals surface area contributed by atoms with Gasteiger partial charge in [-0.15, -0.1) is 0 Å². The lowest BCUT2D eigenvalue weighted by Crippen LogP contribution is -2.24. The number of amides is 2. The zero-order valence-corrected chi connectivity index (χ0v) is 19.9. The van der Waals surface area contributed by atoms with Crippen molar-refractivity contribution in [3.63, 3.8) is 0 Å². The number of nitrogens with one attached hydrogen (secondary N) is 2. The summed E-state index contributed by atoms with van der Waals surface area (Å²) in [4.78, 5) is 24.1. The van der Waals surface area contributed by atoms with Gasteiger partial charge in [0.1, 0.15) is 13.0 Å². The number of carbonyl (C=O) groups excluding carboxylic acids is 2. The summed E-state index contributed by atoms with van der Waals surface area (Å²) in [7, 11) is 1.51. The number of benzene rings is 3. The number of hydrogen-bond donors (Lipinski definition) is 2. The first kappa shape index (κ1) is 25.3. The Bertz CT molecular complexity index is 1300. The molecule has 0 aliphatic carbocycles. The number of halogens is 1. The van der Waals surface area contributed by atoms with Crippen LogP contribution in [0.2, 0.25) is 5.02 Å². The number of carbonyl (C=O) groups is 2. The van der Waals surface area contributed by atoms with Gasteiger partial charge in [0.25, 0.3) is 0 Å². The van der Waals surface area contributed by atoms with Crippen molar-refractivity contribution in [2.45, 2.75) is 20.0 Å². The Morgan fingerprint density at radius 2 is 1.89 bits per heavy atom. The Morgan fingerprint density at radius 3 is 2.63 bits per heavy atom. The first-order valence-corrected chi connectivity index (χ1v) is 10.9. The number of rotatable bonds is 9. The summed E-state index contributed by atoms with van der Waals surface area (Å²) >= 11 is 6.04. The van der Waals surface area contributed by atoms with Gasteiger partial charge in [-0.2, -0.15) is 10.4 Å². The van der Waals surface area contributed by atoms with Gasteiger partial charge in [0.05, 0.1) is 25.0 Å². The second kappa shape index (κ2) is 12.2. The first-order chi connectivity index (χ1) is 16.9. The molecule has 0 aliphatic rings. The quantitative estimate of drug-likeness (QED) is 0.259. The van der Waals surface area contributed by atoms with Crippen molar-refractivity contribution >= 4 is 35.3 Å². The third kappa shape index (κ3) is 7.32. The van der Waals surface area contributed by atoms with Crippen LogP contribution in [0.3, 0.4) is 0 Å². The highest BCUT2D eigenvalue weighted by Gasteiger charge is 2.10. The lowest BCUT2D eigenvalue weighted by molar-refractivity contribution is -0.126. The molecule has 35 heavy (non-hydrogen) atoms. The molecule has 3 rings (SSSR count). The molecule has 0 atom stereocenters. The predicted molar refractivity (Wildman–Crippen MR) is 134 cm³/mol. The van der Waals surface area contributed by atoms with E-state index in [1.165, 1.54) is 13.3 Å². The Balaban J connectivity index is 1.53. The number of methoxy groups -OCH3 is 1.